The molecule has 0 atom stereocenters. The van der Waals surface area contributed by atoms with E-state index in [1.54, 1.807) is 14.2 Å². The number of halogens is 1. The van der Waals surface area contributed by atoms with Crippen LogP contribution in [0.25, 0.3) is 0 Å². The number of aliphatic imine (C=N–C) groups is 1. The molecule has 0 saturated carbocycles. The SMILES string of the molecule is CN=C(NCCCOCCOC)NCc1ccc(CN(C)C)cc1.I. The monoisotopic (exact) mass is 464 g/mol. The van der Waals surface area contributed by atoms with Crippen LogP contribution < -0.4 is 10.6 Å². The summed E-state index contributed by atoms with van der Waals surface area (Å²) >= 11 is 0. The summed E-state index contributed by atoms with van der Waals surface area (Å²) < 4.78 is 10.4. The van der Waals surface area contributed by atoms with Gasteiger partial charge in [-0.05, 0) is 31.6 Å². The van der Waals surface area contributed by atoms with Gasteiger partial charge in [-0.3, -0.25) is 4.99 Å². The highest BCUT2D eigenvalue weighted by atomic mass is 127. The summed E-state index contributed by atoms with van der Waals surface area (Å²) in [6, 6.07) is 8.65. The van der Waals surface area contributed by atoms with Crippen LogP contribution in [0.1, 0.15) is 17.5 Å². The van der Waals surface area contributed by atoms with Crippen molar-refractivity contribution in [3.63, 3.8) is 0 Å². The maximum Gasteiger partial charge on any atom is 0.191 e. The van der Waals surface area contributed by atoms with Gasteiger partial charge in [-0.1, -0.05) is 24.3 Å². The Morgan fingerprint density at radius 1 is 1.04 bits per heavy atom. The molecule has 0 heterocycles. The van der Waals surface area contributed by atoms with Gasteiger partial charge in [0.25, 0.3) is 0 Å². The minimum absolute atomic E-state index is 0. The van der Waals surface area contributed by atoms with Crippen molar-refractivity contribution in [3.8, 4) is 0 Å². The number of nitrogens with zero attached hydrogens (tertiary/aromatic N) is 2. The van der Waals surface area contributed by atoms with Crippen molar-refractivity contribution in [2.75, 3.05) is 54.6 Å². The van der Waals surface area contributed by atoms with Crippen LogP contribution >= 0.6 is 24.0 Å². The van der Waals surface area contributed by atoms with E-state index < -0.39 is 0 Å². The largest absolute Gasteiger partial charge is 0.382 e. The number of hydrogen-bond acceptors (Lipinski definition) is 4. The molecule has 1 aromatic carbocycles. The van der Waals surface area contributed by atoms with Crippen LogP contribution in [0, 0.1) is 0 Å². The Kier molecular flexibility index (Phi) is 14.8. The van der Waals surface area contributed by atoms with Gasteiger partial charge in [0.05, 0.1) is 13.2 Å². The highest BCUT2D eigenvalue weighted by Crippen LogP contribution is 2.05. The molecule has 1 aromatic rings. The van der Waals surface area contributed by atoms with Crippen LogP contribution in [0.3, 0.4) is 0 Å². The van der Waals surface area contributed by atoms with Crippen LogP contribution in [0.4, 0.5) is 0 Å². The second-order valence-electron chi connectivity index (χ2n) is 5.87. The maximum atomic E-state index is 5.43. The molecule has 25 heavy (non-hydrogen) atoms. The molecule has 0 saturated heterocycles. The van der Waals surface area contributed by atoms with E-state index in [1.165, 1.54) is 11.1 Å². The Morgan fingerprint density at radius 3 is 2.32 bits per heavy atom. The van der Waals surface area contributed by atoms with E-state index in [0.717, 1.165) is 38.6 Å². The van der Waals surface area contributed by atoms with Crippen molar-refractivity contribution < 1.29 is 9.47 Å². The number of nitrogens with one attached hydrogen (secondary N) is 2. The number of rotatable bonds is 11. The number of guanidine groups is 1. The number of ether oxygens (including phenoxy) is 2. The first-order chi connectivity index (χ1) is 11.7. The first-order valence-electron chi connectivity index (χ1n) is 8.39. The number of benzene rings is 1. The van der Waals surface area contributed by atoms with E-state index in [9.17, 15) is 0 Å². The van der Waals surface area contributed by atoms with Crippen molar-refractivity contribution in [3.05, 3.63) is 35.4 Å². The van der Waals surface area contributed by atoms with Crippen molar-refractivity contribution >= 4 is 29.9 Å². The molecule has 0 aliphatic rings. The van der Waals surface area contributed by atoms with Crippen molar-refractivity contribution in [1.29, 1.82) is 0 Å². The van der Waals surface area contributed by atoms with Gasteiger partial charge in [0.2, 0.25) is 0 Å². The molecule has 0 aliphatic heterocycles. The highest BCUT2D eigenvalue weighted by molar-refractivity contribution is 14.0. The summed E-state index contributed by atoms with van der Waals surface area (Å²) in [5.74, 6) is 0.809. The fourth-order valence-corrected chi connectivity index (χ4v) is 2.16. The quantitative estimate of drug-likeness (QED) is 0.227. The molecule has 0 aliphatic carbocycles. The van der Waals surface area contributed by atoms with Gasteiger partial charge < -0.3 is 25.0 Å². The second kappa shape index (κ2) is 15.4. The fourth-order valence-electron chi connectivity index (χ4n) is 2.16. The highest BCUT2D eigenvalue weighted by Gasteiger charge is 2.00. The molecule has 7 heteroatoms. The maximum absolute atomic E-state index is 5.43. The van der Waals surface area contributed by atoms with Crippen LogP contribution in [0.5, 0.6) is 0 Å². The predicted octanol–water partition coefficient (Wildman–Crippen LogP) is 2.08. The summed E-state index contributed by atoms with van der Waals surface area (Å²) in [7, 11) is 7.61. The third-order valence-corrected chi connectivity index (χ3v) is 3.40. The molecule has 1 rings (SSSR count). The zero-order chi connectivity index (χ0) is 17.6. The van der Waals surface area contributed by atoms with Gasteiger partial charge in [0.1, 0.15) is 0 Å². The molecule has 2 N–H and O–H groups in total. The van der Waals surface area contributed by atoms with Crippen LogP contribution in [-0.2, 0) is 22.6 Å². The first-order valence-corrected chi connectivity index (χ1v) is 8.39. The Bertz CT molecular complexity index is 467. The van der Waals surface area contributed by atoms with Gasteiger partial charge in [-0.15, -0.1) is 24.0 Å². The summed E-state index contributed by atoms with van der Waals surface area (Å²) in [6.45, 7) is 4.56. The standard InChI is InChI=1S/C18H32N4O2.HI/c1-19-18(20-10-5-11-24-13-12-23-4)21-14-16-6-8-17(9-7-16)15-22(2)3;/h6-9H,5,10-15H2,1-4H3,(H2,19,20,21);1H. The second-order valence-corrected chi connectivity index (χ2v) is 5.87. The zero-order valence-corrected chi connectivity index (χ0v) is 18.2. The third kappa shape index (κ3) is 12.1. The summed E-state index contributed by atoms with van der Waals surface area (Å²) in [4.78, 5) is 6.40. The predicted molar refractivity (Wildman–Crippen MR) is 115 cm³/mol. The van der Waals surface area contributed by atoms with Gasteiger partial charge >= 0.3 is 0 Å². The average molecular weight is 464 g/mol. The lowest BCUT2D eigenvalue weighted by molar-refractivity contribution is 0.0698. The van der Waals surface area contributed by atoms with Crippen molar-refractivity contribution in [2.45, 2.75) is 19.5 Å². The molecule has 0 aromatic heterocycles. The molecule has 0 unspecified atom stereocenters. The van der Waals surface area contributed by atoms with Crippen molar-refractivity contribution in [2.24, 2.45) is 4.99 Å². The van der Waals surface area contributed by atoms with E-state index in [-0.39, 0.29) is 24.0 Å². The smallest absolute Gasteiger partial charge is 0.191 e. The Labute approximate surface area is 169 Å². The van der Waals surface area contributed by atoms with Crippen molar-refractivity contribution in [1.82, 2.24) is 15.5 Å². The number of hydrogen-bond donors (Lipinski definition) is 2. The summed E-state index contributed by atoms with van der Waals surface area (Å²) in [6.07, 6.45) is 0.934. The Morgan fingerprint density at radius 2 is 1.72 bits per heavy atom. The summed E-state index contributed by atoms with van der Waals surface area (Å²) in [5.41, 5.74) is 2.56. The molecule has 0 fully saturated rings. The lowest BCUT2D eigenvalue weighted by Gasteiger charge is -2.13. The number of methoxy groups -OCH3 is 1. The lowest BCUT2D eigenvalue weighted by atomic mass is 10.1. The lowest BCUT2D eigenvalue weighted by Crippen LogP contribution is -2.37. The fraction of sp³-hybridized carbons (Fsp3) is 0.611. The Hall–Kier alpha value is -0.900. The topological polar surface area (TPSA) is 58.1 Å². The van der Waals surface area contributed by atoms with Gasteiger partial charge in [0, 0.05) is 40.4 Å². The third-order valence-electron chi connectivity index (χ3n) is 3.40. The molecular weight excluding hydrogens is 431 g/mol. The minimum Gasteiger partial charge on any atom is -0.382 e. The molecule has 0 radical (unpaired) electrons. The van der Waals surface area contributed by atoms with Crippen LogP contribution in [0.15, 0.2) is 29.3 Å². The first kappa shape index (κ1) is 24.1. The van der Waals surface area contributed by atoms with Gasteiger partial charge in [-0.2, -0.15) is 0 Å². The Balaban J connectivity index is 0.00000576. The average Bonchev–Trinajstić information content (AvgIpc) is 2.57. The molecule has 144 valence electrons. The van der Waals surface area contributed by atoms with Gasteiger partial charge in [-0.25, -0.2) is 0 Å². The molecular formula is C18H33IN4O2. The zero-order valence-electron chi connectivity index (χ0n) is 15.9. The van der Waals surface area contributed by atoms with E-state index >= 15 is 0 Å². The van der Waals surface area contributed by atoms with E-state index in [0.29, 0.717) is 13.2 Å². The molecule has 0 bridgehead atoms. The normalized spacial score (nSPS) is 11.3. The van der Waals surface area contributed by atoms with E-state index in [2.05, 4.69) is 58.9 Å². The van der Waals surface area contributed by atoms with Crippen LogP contribution in [0.2, 0.25) is 0 Å². The van der Waals surface area contributed by atoms with Gasteiger partial charge in [0.15, 0.2) is 5.96 Å². The molecule has 0 spiro atoms. The molecule has 6 nitrogen and oxygen atoms in total. The van der Waals surface area contributed by atoms with E-state index in [1.807, 2.05) is 0 Å². The van der Waals surface area contributed by atoms with Crippen LogP contribution in [-0.4, -0.2) is 65.5 Å². The van der Waals surface area contributed by atoms with E-state index in [4.69, 9.17) is 9.47 Å². The summed E-state index contributed by atoms with van der Waals surface area (Å²) in [5, 5.41) is 6.61. The minimum atomic E-state index is 0. The molecule has 0 amide bonds.